The monoisotopic (exact) mass is 197 g/mol. The largest absolute Gasteiger partial charge is 0.511 e. The number of likely N-dealkylation sites (tertiary alicyclic amines) is 1. The molecule has 0 aromatic carbocycles. The Bertz CT molecular complexity index is 212. The molecular formula is C12H23NO. The minimum Gasteiger partial charge on any atom is -0.511 e. The lowest BCUT2D eigenvalue weighted by molar-refractivity contribution is 0.0465. The van der Waals surface area contributed by atoms with E-state index in [0.717, 1.165) is 19.5 Å². The second-order valence-electron chi connectivity index (χ2n) is 5.02. The molecule has 1 saturated heterocycles. The molecule has 0 aliphatic carbocycles. The molecule has 82 valence electrons. The van der Waals surface area contributed by atoms with Crippen LogP contribution in [0.25, 0.3) is 0 Å². The molecule has 1 heterocycles. The quantitative estimate of drug-likeness (QED) is 0.703. The van der Waals surface area contributed by atoms with Gasteiger partial charge in [-0.2, -0.15) is 0 Å². The smallest absolute Gasteiger partial charge is 0.105 e. The molecule has 1 aliphatic rings. The second-order valence-corrected chi connectivity index (χ2v) is 5.02. The SMILES string of the molecule is C=C(O)C1(C)CCCCN1CC(C)C. The molecule has 0 radical (unpaired) electrons. The number of aliphatic hydroxyl groups is 1. The van der Waals surface area contributed by atoms with Crippen LogP contribution in [0.3, 0.4) is 0 Å². The Morgan fingerprint density at radius 1 is 1.50 bits per heavy atom. The summed E-state index contributed by atoms with van der Waals surface area (Å²) in [6.07, 6.45) is 3.48. The van der Waals surface area contributed by atoms with Crippen LogP contribution in [0.15, 0.2) is 12.3 Å². The number of piperidine rings is 1. The topological polar surface area (TPSA) is 23.5 Å². The third kappa shape index (κ3) is 2.30. The normalized spacial score (nSPS) is 29.4. The lowest BCUT2D eigenvalue weighted by atomic mass is 9.86. The maximum absolute atomic E-state index is 9.68. The summed E-state index contributed by atoms with van der Waals surface area (Å²) in [5.74, 6) is 0.977. The highest BCUT2D eigenvalue weighted by Crippen LogP contribution is 2.32. The summed E-state index contributed by atoms with van der Waals surface area (Å²) >= 11 is 0. The number of nitrogens with zero attached hydrogens (tertiary/aromatic N) is 1. The zero-order valence-electron chi connectivity index (χ0n) is 9.71. The van der Waals surface area contributed by atoms with E-state index in [9.17, 15) is 5.11 Å². The van der Waals surface area contributed by atoms with Gasteiger partial charge in [-0.25, -0.2) is 0 Å². The van der Waals surface area contributed by atoms with Gasteiger partial charge < -0.3 is 5.11 Å². The van der Waals surface area contributed by atoms with Gasteiger partial charge in [-0.15, -0.1) is 0 Å². The van der Waals surface area contributed by atoms with Gasteiger partial charge in [0.15, 0.2) is 0 Å². The summed E-state index contributed by atoms with van der Waals surface area (Å²) < 4.78 is 0. The summed E-state index contributed by atoms with van der Waals surface area (Å²) in [5.41, 5.74) is -0.178. The molecule has 1 N–H and O–H groups in total. The van der Waals surface area contributed by atoms with Gasteiger partial charge in [0.25, 0.3) is 0 Å². The van der Waals surface area contributed by atoms with E-state index in [1.54, 1.807) is 0 Å². The van der Waals surface area contributed by atoms with Crippen LogP contribution in [0, 0.1) is 5.92 Å². The van der Waals surface area contributed by atoms with Crippen LogP contribution in [0.1, 0.15) is 40.0 Å². The number of hydrogen-bond acceptors (Lipinski definition) is 2. The van der Waals surface area contributed by atoms with E-state index in [1.807, 2.05) is 0 Å². The zero-order valence-corrected chi connectivity index (χ0v) is 9.71. The van der Waals surface area contributed by atoms with Crippen molar-refractivity contribution in [2.45, 2.75) is 45.6 Å². The third-order valence-electron chi connectivity index (χ3n) is 3.25. The first kappa shape index (κ1) is 11.6. The fourth-order valence-electron chi connectivity index (χ4n) is 2.24. The van der Waals surface area contributed by atoms with Gasteiger partial charge in [0, 0.05) is 6.54 Å². The number of hydrogen-bond donors (Lipinski definition) is 1. The van der Waals surface area contributed by atoms with Gasteiger partial charge >= 0.3 is 0 Å². The number of aliphatic hydroxyl groups excluding tert-OH is 1. The third-order valence-corrected chi connectivity index (χ3v) is 3.25. The summed E-state index contributed by atoms with van der Waals surface area (Å²) in [6.45, 7) is 12.4. The van der Waals surface area contributed by atoms with Crippen molar-refractivity contribution in [1.29, 1.82) is 0 Å². The molecule has 1 atom stereocenters. The fraction of sp³-hybridized carbons (Fsp3) is 0.833. The Hall–Kier alpha value is -0.500. The van der Waals surface area contributed by atoms with Crippen LogP contribution in [-0.2, 0) is 0 Å². The van der Waals surface area contributed by atoms with Crippen molar-refractivity contribution >= 4 is 0 Å². The Labute approximate surface area is 87.6 Å². The fourth-order valence-corrected chi connectivity index (χ4v) is 2.24. The lowest BCUT2D eigenvalue weighted by Crippen LogP contribution is -2.52. The Morgan fingerprint density at radius 3 is 2.64 bits per heavy atom. The highest BCUT2D eigenvalue weighted by molar-refractivity contribution is 5.09. The Morgan fingerprint density at radius 2 is 2.14 bits per heavy atom. The molecule has 0 aromatic heterocycles. The summed E-state index contributed by atoms with van der Waals surface area (Å²) in [6, 6.07) is 0. The van der Waals surface area contributed by atoms with E-state index in [0.29, 0.717) is 11.7 Å². The lowest BCUT2D eigenvalue weighted by Gasteiger charge is -2.45. The maximum atomic E-state index is 9.68. The average molecular weight is 197 g/mol. The summed E-state index contributed by atoms with van der Waals surface area (Å²) in [5, 5.41) is 9.68. The van der Waals surface area contributed by atoms with Gasteiger partial charge in [-0.3, -0.25) is 4.90 Å². The van der Waals surface area contributed by atoms with Crippen molar-refractivity contribution in [2.75, 3.05) is 13.1 Å². The van der Waals surface area contributed by atoms with Gasteiger partial charge in [0.2, 0.25) is 0 Å². The highest BCUT2D eigenvalue weighted by Gasteiger charge is 2.37. The molecule has 0 bridgehead atoms. The van der Waals surface area contributed by atoms with E-state index >= 15 is 0 Å². The Kier molecular flexibility index (Phi) is 3.59. The van der Waals surface area contributed by atoms with Crippen LogP contribution < -0.4 is 0 Å². The molecular weight excluding hydrogens is 174 g/mol. The van der Waals surface area contributed by atoms with Crippen LogP contribution in [0.2, 0.25) is 0 Å². The van der Waals surface area contributed by atoms with Crippen LogP contribution in [-0.4, -0.2) is 28.6 Å². The second kappa shape index (κ2) is 4.35. The van der Waals surface area contributed by atoms with Crippen LogP contribution in [0.4, 0.5) is 0 Å². The molecule has 0 aromatic rings. The van der Waals surface area contributed by atoms with E-state index in [2.05, 4.69) is 32.3 Å². The van der Waals surface area contributed by atoms with Crippen molar-refractivity contribution in [3.63, 3.8) is 0 Å². The summed E-state index contributed by atoms with van der Waals surface area (Å²) in [7, 11) is 0. The molecule has 0 spiro atoms. The van der Waals surface area contributed by atoms with Crippen molar-refractivity contribution < 1.29 is 5.11 Å². The molecule has 2 nitrogen and oxygen atoms in total. The minimum absolute atomic E-state index is 0.178. The van der Waals surface area contributed by atoms with Crippen molar-refractivity contribution in [2.24, 2.45) is 5.92 Å². The van der Waals surface area contributed by atoms with E-state index in [4.69, 9.17) is 0 Å². The molecule has 1 rings (SSSR count). The first-order valence-corrected chi connectivity index (χ1v) is 5.60. The average Bonchev–Trinajstić information content (AvgIpc) is 2.08. The molecule has 1 unspecified atom stereocenters. The molecule has 14 heavy (non-hydrogen) atoms. The molecule has 0 amide bonds. The van der Waals surface area contributed by atoms with Gasteiger partial charge in [-0.1, -0.05) is 20.4 Å². The highest BCUT2D eigenvalue weighted by atomic mass is 16.3. The minimum atomic E-state index is -0.178. The van der Waals surface area contributed by atoms with Gasteiger partial charge in [0.05, 0.1) is 5.54 Å². The molecule has 2 heteroatoms. The van der Waals surface area contributed by atoms with E-state index in [1.165, 1.54) is 12.8 Å². The molecule has 1 fully saturated rings. The zero-order chi connectivity index (χ0) is 10.8. The molecule has 1 aliphatic heterocycles. The van der Waals surface area contributed by atoms with E-state index in [-0.39, 0.29) is 5.54 Å². The van der Waals surface area contributed by atoms with Gasteiger partial charge in [-0.05, 0) is 38.6 Å². The van der Waals surface area contributed by atoms with Gasteiger partial charge in [0.1, 0.15) is 5.76 Å². The van der Waals surface area contributed by atoms with E-state index < -0.39 is 0 Å². The van der Waals surface area contributed by atoms with Crippen LogP contribution in [0.5, 0.6) is 0 Å². The standard InChI is InChI=1S/C12H23NO/c1-10(2)9-13-8-6-5-7-12(13,4)11(3)14/h10,14H,3,5-9H2,1-2,4H3. The maximum Gasteiger partial charge on any atom is 0.105 e. The predicted octanol–water partition coefficient (Wildman–Crippen LogP) is 2.96. The molecule has 0 saturated carbocycles. The first-order chi connectivity index (χ1) is 6.47. The van der Waals surface area contributed by atoms with Crippen molar-refractivity contribution in [1.82, 2.24) is 4.90 Å². The van der Waals surface area contributed by atoms with Crippen molar-refractivity contribution in [3.8, 4) is 0 Å². The predicted molar refractivity (Wildman–Crippen MR) is 60.4 cm³/mol. The summed E-state index contributed by atoms with van der Waals surface area (Å²) in [4.78, 5) is 2.38. The first-order valence-electron chi connectivity index (χ1n) is 5.60. The van der Waals surface area contributed by atoms with Crippen molar-refractivity contribution in [3.05, 3.63) is 12.3 Å². The Balaban J connectivity index is 2.72. The van der Waals surface area contributed by atoms with Crippen LogP contribution >= 0.6 is 0 Å². The number of rotatable bonds is 3.